The first kappa shape index (κ1) is 20.2. The molecular formula is C20H19F3N8O. The second-order valence-corrected chi connectivity index (χ2v) is 7.52. The maximum atomic E-state index is 13.4. The van der Waals surface area contributed by atoms with Gasteiger partial charge in [0.15, 0.2) is 11.7 Å². The molecule has 1 atom stereocenters. The Labute approximate surface area is 180 Å². The molecule has 12 heteroatoms. The first-order chi connectivity index (χ1) is 15.3. The molecule has 1 aliphatic heterocycles. The van der Waals surface area contributed by atoms with Crippen molar-refractivity contribution in [3.63, 3.8) is 0 Å². The summed E-state index contributed by atoms with van der Waals surface area (Å²) in [6, 6.07) is 1.42. The first-order valence-electron chi connectivity index (χ1n) is 10.1. The monoisotopic (exact) mass is 444 g/mol. The van der Waals surface area contributed by atoms with Crippen molar-refractivity contribution in [2.75, 3.05) is 11.4 Å². The van der Waals surface area contributed by atoms with Crippen LogP contribution in [0.4, 0.5) is 19.0 Å². The summed E-state index contributed by atoms with van der Waals surface area (Å²) in [5.41, 5.74) is 3.03. The van der Waals surface area contributed by atoms with Crippen molar-refractivity contribution in [3.05, 3.63) is 48.2 Å². The van der Waals surface area contributed by atoms with Gasteiger partial charge in [-0.15, -0.1) is 0 Å². The van der Waals surface area contributed by atoms with Crippen molar-refractivity contribution >= 4 is 17.4 Å². The summed E-state index contributed by atoms with van der Waals surface area (Å²) in [7, 11) is 0. The van der Waals surface area contributed by atoms with Crippen molar-refractivity contribution in [1.82, 2.24) is 34.2 Å². The highest BCUT2D eigenvalue weighted by atomic mass is 19.4. The summed E-state index contributed by atoms with van der Waals surface area (Å²) in [6.45, 7) is 4.56. The van der Waals surface area contributed by atoms with Crippen LogP contribution in [0.2, 0.25) is 0 Å². The van der Waals surface area contributed by atoms with Gasteiger partial charge in [0.1, 0.15) is 11.4 Å². The van der Waals surface area contributed by atoms with Gasteiger partial charge in [0, 0.05) is 36.6 Å². The average molecular weight is 444 g/mol. The molecule has 0 spiro atoms. The number of nitrogens with zero attached hydrogens (tertiary/aromatic N) is 8. The molecule has 166 valence electrons. The standard InChI is InChI=1S/C20H19F3N8O/c1-3-29-12(2)13(10-26-29)15-4-7-24-18-14(11-27-30(15)18)19(32)28-9-6-16(20(21,22)23)31-17(28)5-8-25-31/h4-5,7-8,10-11,16H,3,6,9H2,1-2H3. The molecule has 9 nitrogen and oxygen atoms in total. The SMILES string of the molecule is CCn1ncc(-c2ccnc3c(C(=O)N4CCC(C(F)(F)F)n5nccc54)cnn23)c1C. The van der Waals surface area contributed by atoms with Crippen LogP contribution in [0.25, 0.3) is 16.9 Å². The van der Waals surface area contributed by atoms with Gasteiger partial charge in [-0.2, -0.15) is 28.5 Å². The highest BCUT2D eigenvalue weighted by Crippen LogP contribution is 2.39. The minimum atomic E-state index is -4.45. The number of rotatable bonds is 3. The predicted octanol–water partition coefficient (Wildman–Crippen LogP) is 3.27. The van der Waals surface area contributed by atoms with E-state index < -0.39 is 18.1 Å². The summed E-state index contributed by atoms with van der Waals surface area (Å²) in [5, 5.41) is 12.5. The topological polar surface area (TPSA) is 86.1 Å². The van der Waals surface area contributed by atoms with Crippen molar-refractivity contribution < 1.29 is 18.0 Å². The average Bonchev–Trinajstić information content (AvgIpc) is 3.49. The van der Waals surface area contributed by atoms with Crippen molar-refractivity contribution in [2.24, 2.45) is 0 Å². The maximum Gasteiger partial charge on any atom is 0.410 e. The summed E-state index contributed by atoms with van der Waals surface area (Å²) in [6.07, 6.45) is 1.24. The number of fused-ring (bicyclic) bond motifs is 2. The molecule has 1 amide bonds. The van der Waals surface area contributed by atoms with Gasteiger partial charge in [0.25, 0.3) is 5.91 Å². The zero-order chi connectivity index (χ0) is 22.6. The predicted molar refractivity (Wildman–Crippen MR) is 108 cm³/mol. The van der Waals surface area contributed by atoms with Crippen LogP contribution < -0.4 is 4.90 Å². The van der Waals surface area contributed by atoms with Crippen molar-refractivity contribution in [3.8, 4) is 11.3 Å². The number of amides is 1. The molecule has 5 heterocycles. The molecule has 0 fully saturated rings. The van der Waals surface area contributed by atoms with Crippen LogP contribution in [0.15, 0.2) is 36.9 Å². The number of anilines is 1. The van der Waals surface area contributed by atoms with Gasteiger partial charge in [-0.05, 0) is 26.3 Å². The van der Waals surface area contributed by atoms with Crippen molar-refractivity contribution in [2.45, 2.75) is 39.0 Å². The smallest absolute Gasteiger partial charge is 0.293 e. The van der Waals surface area contributed by atoms with Gasteiger partial charge < -0.3 is 0 Å². The van der Waals surface area contributed by atoms with E-state index in [2.05, 4.69) is 20.3 Å². The van der Waals surface area contributed by atoms with E-state index in [0.717, 1.165) is 15.9 Å². The van der Waals surface area contributed by atoms with E-state index in [1.807, 2.05) is 18.5 Å². The normalized spacial score (nSPS) is 16.5. The molecule has 1 unspecified atom stereocenters. The molecule has 5 rings (SSSR count). The lowest BCUT2D eigenvalue weighted by Crippen LogP contribution is -2.43. The fourth-order valence-corrected chi connectivity index (χ4v) is 4.17. The fourth-order valence-electron chi connectivity index (χ4n) is 4.17. The Hall–Kier alpha value is -3.70. The third-order valence-corrected chi connectivity index (χ3v) is 5.78. The number of carbonyl (C=O) groups excluding carboxylic acids is 1. The summed E-state index contributed by atoms with van der Waals surface area (Å²) in [5.74, 6) is -0.382. The molecule has 4 aromatic rings. The zero-order valence-corrected chi connectivity index (χ0v) is 17.3. The van der Waals surface area contributed by atoms with Crippen LogP contribution in [-0.4, -0.2) is 52.8 Å². The molecule has 0 aromatic carbocycles. The third kappa shape index (κ3) is 2.97. The Balaban J connectivity index is 1.55. The Kier molecular flexibility index (Phi) is 4.53. The molecule has 0 bridgehead atoms. The van der Waals surface area contributed by atoms with E-state index in [1.54, 1.807) is 23.0 Å². The van der Waals surface area contributed by atoms with Crippen LogP contribution in [0.3, 0.4) is 0 Å². The zero-order valence-electron chi connectivity index (χ0n) is 17.3. The highest BCUT2D eigenvalue weighted by Gasteiger charge is 2.46. The Morgan fingerprint density at radius 1 is 1.16 bits per heavy atom. The van der Waals surface area contributed by atoms with Gasteiger partial charge >= 0.3 is 6.18 Å². The number of hydrogen-bond acceptors (Lipinski definition) is 5. The van der Waals surface area contributed by atoms with Gasteiger partial charge in [-0.25, -0.2) is 14.2 Å². The molecule has 1 aliphatic rings. The first-order valence-corrected chi connectivity index (χ1v) is 10.1. The number of halogens is 3. The second kappa shape index (κ2) is 7.18. The van der Waals surface area contributed by atoms with E-state index in [9.17, 15) is 18.0 Å². The van der Waals surface area contributed by atoms with E-state index in [0.29, 0.717) is 17.9 Å². The molecule has 0 aliphatic carbocycles. The number of alkyl halides is 3. The fraction of sp³-hybridized carbons (Fsp3) is 0.350. The largest absolute Gasteiger partial charge is 0.410 e. The molecule has 32 heavy (non-hydrogen) atoms. The Bertz CT molecular complexity index is 1320. The van der Waals surface area contributed by atoms with Crippen molar-refractivity contribution in [1.29, 1.82) is 0 Å². The third-order valence-electron chi connectivity index (χ3n) is 5.78. The van der Waals surface area contributed by atoms with Crippen LogP contribution in [0, 0.1) is 6.92 Å². The lowest BCUT2D eigenvalue weighted by atomic mass is 10.1. The van der Waals surface area contributed by atoms with Crippen LogP contribution in [0.1, 0.15) is 35.4 Å². The maximum absolute atomic E-state index is 13.4. The van der Waals surface area contributed by atoms with Gasteiger partial charge in [0.05, 0.1) is 24.3 Å². The van der Waals surface area contributed by atoms with Gasteiger partial charge in [-0.3, -0.25) is 14.4 Å². The Morgan fingerprint density at radius 2 is 1.97 bits per heavy atom. The lowest BCUT2D eigenvalue weighted by Gasteiger charge is -2.33. The molecular weight excluding hydrogens is 425 g/mol. The highest BCUT2D eigenvalue weighted by molar-refractivity contribution is 6.09. The molecule has 0 radical (unpaired) electrons. The van der Waals surface area contributed by atoms with E-state index in [4.69, 9.17) is 0 Å². The van der Waals surface area contributed by atoms with E-state index >= 15 is 0 Å². The lowest BCUT2D eigenvalue weighted by molar-refractivity contribution is -0.172. The van der Waals surface area contributed by atoms with Crippen LogP contribution >= 0.6 is 0 Å². The summed E-state index contributed by atoms with van der Waals surface area (Å²) in [4.78, 5) is 19.0. The number of aryl methyl sites for hydroxylation is 1. The van der Waals surface area contributed by atoms with E-state index in [-0.39, 0.29) is 24.3 Å². The Morgan fingerprint density at radius 3 is 2.69 bits per heavy atom. The summed E-state index contributed by atoms with van der Waals surface area (Å²) >= 11 is 0. The minimum Gasteiger partial charge on any atom is -0.293 e. The summed E-state index contributed by atoms with van der Waals surface area (Å²) < 4.78 is 44.4. The molecule has 0 saturated carbocycles. The quantitative estimate of drug-likeness (QED) is 0.484. The molecule has 4 aromatic heterocycles. The molecule has 0 N–H and O–H groups in total. The second-order valence-electron chi connectivity index (χ2n) is 7.52. The minimum absolute atomic E-state index is 0.0892. The number of hydrogen-bond donors (Lipinski definition) is 0. The van der Waals surface area contributed by atoms with Crippen LogP contribution in [-0.2, 0) is 6.54 Å². The van der Waals surface area contributed by atoms with E-state index in [1.165, 1.54) is 23.4 Å². The number of aromatic nitrogens is 7. The van der Waals surface area contributed by atoms with Gasteiger partial charge in [0.2, 0.25) is 0 Å². The number of carbonyl (C=O) groups is 1. The van der Waals surface area contributed by atoms with Gasteiger partial charge in [-0.1, -0.05) is 0 Å². The molecule has 0 saturated heterocycles. The van der Waals surface area contributed by atoms with Crippen LogP contribution in [0.5, 0.6) is 0 Å².